The summed E-state index contributed by atoms with van der Waals surface area (Å²) in [5, 5.41) is 3.45. The third kappa shape index (κ3) is 3.14. The fourth-order valence-electron chi connectivity index (χ4n) is 2.99. The summed E-state index contributed by atoms with van der Waals surface area (Å²) >= 11 is 0. The second-order valence-electron chi connectivity index (χ2n) is 5.90. The number of hydrogen-bond acceptors (Lipinski definition) is 1. The molecule has 0 saturated heterocycles. The van der Waals surface area contributed by atoms with Crippen LogP contribution in [0.2, 0.25) is 0 Å². The maximum absolute atomic E-state index is 3.45. The first-order chi connectivity index (χ1) is 10.8. The molecule has 3 rings (SSSR count). The van der Waals surface area contributed by atoms with E-state index in [1.807, 2.05) is 0 Å². The summed E-state index contributed by atoms with van der Waals surface area (Å²) in [7, 11) is 0. The van der Waals surface area contributed by atoms with Gasteiger partial charge in [0, 0.05) is 0 Å². The fraction of sp³-hybridized carbons (Fsp3) is 0.238. The lowest BCUT2D eigenvalue weighted by Gasteiger charge is -2.21. The molecule has 0 saturated carbocycles. The predicted octanol–water partition coefficient (Wildman–Crippen LogP) is 5.19. The van der Waals surface area contributed by atoms with Gasteiger partial charge in [-0.2, -0.15) is 0 Å². The van der Waals surface area contributed by atoms with E-state index in [0.717, 1.165) is 6.42 Å². The second kappa shape index (κ2) is 6.65. The summed E-state index contributed by atoms with van der Waals surface area (Å²) in [4.78, 5) is 0. The quantitative estimate of drug-likeness (QED) is 0.816. The van der Waals surface area contributed by atoms with Gasteiger partial charge in [-0.05, 0) is 59.5 Å². The summed E-state index contributed by atoms with van der Waals surface area (Å²) in [6.07, 6.45) is 8.89. The fourth-order valence-corrected chi connectivity index (χ4v) is 2.99. The van der Waals surface area contributed by atoms with E-state index in [9.17, 15) is 0 Å². The third-order valence-corrected chi connectivity index (χ3v) is 4.23. The van der Waals surface area contributed by atoms with Crippen LogP contribution in [0.15, 0.2) is 66.9 Å². The molecule has 1 unspecified atom stereocenters. The molecule has 1 heterocycles. The van der Waals surface area contributed by atoms with Gasteiger partial charge in [-0.3, -0.25) is 0 Å². The van der Waals surface area contributed by atoms with Crippen LogP contribution in [-0.2, 0) is 6.42 Å². The average Bonchev–Trinajstić information content (AvgIpc) is 2.56. The first kappa shape index (κ1) is 14.6. The summed E-state index contributed by atoms with van der Waals surface area (Å²) < 4.78 is 0. The van der Waals surface area contributed by atoms with Gasteiger partial charge >= 0.3 is 0 Å². The number of aryl methyl sites for hydroxylation is 2. The van der Waals surface area contributed by atoms with E-state index >= 15 is 0 Å². The van der Waals surface area contributed by atoms with Crippen molar-refractivity contribution in [2.45, 2.75) is 32.7 Å². The molecule has 0 fully saturated rings. The van der Waals surface area contributed by atoms with Crippen LogP contribution < -0.4 is 5.32 Å². The largest absolute Gasteiger partial charge is 0.381 e. The Kier molecular flexibility index (Phi) is 4.43. The van der Waals surface area contributed by atoms with Crippen molar-refractivity contribution in [1.82, 2.24) is 5.32 Å². The van der Waals surface area contributed by atoms with Gasteiger partial charge in [-0.25, -0.2) is 0 Å². The summed E-state index contributed by atoms with van der Waals surface area (Å²) in [5.41, 5.74) is 6.66. The van der Waals surface area contributed by atoms with Crippen LogP contribution in [0.25, 0.3) is 5.57 Å². The lowest BCUT2D eigenvalue weighted by molar-refractivity contribution is 0.744. The van der Waals surface area contributed by atoms with Crippen LogP contribution in [-0.4, -0.2) is 0 Å². The van der Waals surface area contributed by atoms with Crippen LogP contribution in [0.5, 0.6) is 0 Å². The molecular formula is C21H23N. The van der Waals surface area contributed by atoms with Gasteiger partial charge in [0.25, 0.3) is 0 Å². The lowest BCUT2D eigenvalue weighted by Crippen LogP contribution is -2.17. The molecule has 1 nitrogen and oxygen atoms in total. The van der Waals surface area contributed by atoms with Crippen LogP contribution in [0, 0.1) is 6.92 Å². The number of allylic oxidation sites excluding steroid dienone is 2. The molecule has 1 atom stereocenters. The van der Waals surface area contributed by atoms with Crippen molar-refractivity contribution >= 4 is 5.57 Å². The molecule has 0 aromatic heterocycles. The maximum Gasteiger partial charge on any atom is 0.0704 e. The maximum atomic E-state index is 3.45. The van der Waals surface area contributed by atoms with Crippen molar-refractivity contribution in [1.29, 1.82) is 0 Å². The SMILES string of the molecule is CCCc1ccc(C2=CC(c3ccccc3C)NC=C2)cc1. The molecule has 0 bridgehead atoms. The molecule has 22 heavy (non-hydrogen) atoms. The Hall–Kier alpha value is -2.28. The Bertz CT molecular complexity index is 692. The summed E-state index contributed by atoms with van der Waals surface area (Å²) in [5.74, 6) is 0. The smallest absolute Gasteiger partial charge is 0.0704 e. The molecule has 1 N–H and O–H groups in total. The molecule has 0 radical (unpaired) electrons. The molecule has 2 aromatic carbocycles. The monoisotopic (exact) mass is 289 g/mol. The minimum absolute atomic E-state index is 0.247. The Morgan fingerprint density at radius 1 is 1.00 bits per heavy atom. The number of hydrogen-bond donors (Lipinski definition) is 1. The molecule has 1 aliphatic rings. The molecule has 0 spiro atoms. The third-order valence-electron chi connectivity index (χ3n) is 4.23. The van der Waals surface area contributed by atoms with E-state index in [2.05, 4.69) is 86.0 Å². The Balaban J connectivity index is 1.87. The highest BCUT2D eigenvalue weighted by Gasteiger charge is 2.13. The zero-order chi connectivity index (χ0) is 15.4. The zero-order valence-electron chi connectivity index (χ0n) is 13.3. The molecule has 0 amide bonds. The molecule has 112 valence electrons. The van der Waals surface area contributed by atoms with Gasteiger partial charge in [0.2, 0.25) is 0 Å². The highest BCUT2D eigenvalue weighted by molar-refractivity contribution is 5.75. The number of nitrogens with one attached hydrogen (secondary N) is 1. The van der Waals surface area contributed by atoms with Crippen LogP contribution >= 0.6 is 0 Å². The Morgan fingerprint density at radius 2 is 1.77 bits per heavy atom. The number of rotatable bonds is 4. The Labute approximate surface area is 133 Å². The number of dihydropyridines is 1. The van der Waals surface area contributed by atoms with Crippen molar-refractivity contribution in [2.24, 2.45) is 0 Å². The molecule has 1 heteroatoms. The molecular weight excluding hydrogens is 266 g/mol. The molecule has 1 aliphatic heterocycles. The molecule has 0 aliphatic carbocycles. The van der Waals surface area contributed by atoms with Crippen LogP contribution in [0.4, 0.5) is 0 Å². The summed E-state index contributed by atoms with van der Waals surface area (Å²) in [6, 6.07) is 17.8. The first-order valence-corrected chi connectivity index (χ1v) is 8.07. The standard InChI is InChI=1S/C21H23N/c1-3-6-17-9-11-18(12-10-17)19-13-14-22-21(15-19)20-8-5-4-7-16(20)2/h4-5,7-15,21-22H,3,6H2,1-2H3. The van der Waals surface area contributed by atoms with Gasteiger partial charge < -0.3 is 5.32 Å². The van der Waals surface area contributed by atoms with E-state index in [-0.39, 0.29) is 6.04 Å². The minimum Gasteiger partial charge on any atom is -0.381 e. The first-order valence-electron chi connectivity index (χ1n) is 8.07. The van der Waals surface area contributed by atoms with Crippen molar-refractivity contribution in [3.8, 4) is 0 Å². The van der Waals surface area contributed by atoms with Crippen molar-refractivity contribution in [2.75, 3.05) is 0 Å². The van der Waals surface area contributed by atoms with Gasteiger partial charge in [-0.15, -0.1) is 0 Å². The zero-order valence-corrected chi connectivity index (χ0v) is 13.3. The van der Waals surface area contributed by atoms with Gasteiger partial charge in [0.1, 0.15) is 0 Å². The molecule has 2 aromatic rings. The van der Waals surface area contributed by atoms with Gasteiger partial charge in [0.05, 0.1) is 6.04 Å². The van der Waals surface area contributed by atoms with Crippen LogP contribution in [0.1, 0.15) is 41.6 Å². The highest BCUT2D eigenvalue weighted by atomic mass is 14.9. The van der Waals surface area contributed by atoms with Crippen molar-refractivity contribution in [3.05, 3.63) is 89.1 Å². The van der Waals surface area contributed by atoms with Crippen LogP contribution in [0.3, 0.4) is 0 Å². The van der Waals surface area contributed by atoms with E-state index in [0.29, 0.717) is 0 Å². The minimum atomic E-state index is 0.247. The number of benzene rings is 2. The summed E-state index contributed by atoms with van der Waals surface area (Å²) in [6.45, 7) is 4.39. The highest BCUT2D eigenvalue weighted by Crippen LogP contribution is 2.27. The normalized spacial score (nSPS) is 17.0. The van der Waals surface area contributed by atoms with Crippen molar-refractivity contribution in [3.63, 3.8) is 0 Å². The Morgan fingerprint density at radius 3 is 2.50 bits per heavy atom. The predicted molar refractivity (Wildman–Crippen MR) is 94.6 cm³/mol. The van der Waals surface area contributed by atoms with Gasteiger partial charge in [-0.1, -0.05) is 61.9 Å². The van der Waals surface area contributed by atoms with Crippen molar-refractivity contribution < 1.29 is 0 Å². The van der Waals surface area contributed by atoms with E-state index in [1.54, 1.807) is 0 Å². The van der Waals surface area contributed by atoms with Gasteiger partial charge in [0.15, 0.2) is 0 Å². The average molecular weight is 289 g/mol. The van der Waals surface area contributed by atoms with E-state index < -0.39 is 0 Å². The van der Waals surface area contributed by atoms with E-state index in [4.69, 9.17) is 0 Å². The topological polar surface area (TPSA) is 12.0 Å². The lowest BCUT2D eigenvalue weighted by atomic mass is 9.94. The second-order valence-corrected chi connectivity index (χ2v) is 5.90. The van der Waals surface area contributed by atoms with E-state index in [1.165, 1.54) is 34.2 Å².